The first-order valence-corrected chi connectivity index (χ1v) is 6.70. The first-order valence-electron chi connectivity index (χ1n) is 5.90. The second-order valence-electron chi connectivity index (χ2n) is 4.26. The van der Waals surface area contributed by atoms with Gasteiger partial charge in [0.25, 0.3) is 0 Å². The predicted octanol–water partition coefficient (Wildman–Crippen LogP) is 4.88. The van der Waals surface area contributed by atoms with Crippen molar-refractivity contribution in [2.24, 2.45) is 0 Å². The molecule has 0 unspecified atom stereocenters. The summed E-state index contributed by atoms with van der Waals surface area (Å²) in [5.74, 6) is 0. The Balaban J connectivity index is 2.04. The number of hydrogen-bond acceptors (Lipinski definition) is 1. The standard InChI is InChI=1S/C16H16BrN/c1-12-7-6-10-15(16(12)17)18-11-13(2)14-8-4-3-5-9-14/h3-10,18H,2,11H2,1H3. The number of nitrogens with one attached hydrogen (secondary N) is 1. The number of halogens is 1. The Morgan fingerprint density at radius 3 is 2.56 bits per heavy atom. The fraction of sp³-hybridized carbons (Fsp3) is 0.125. The second kappa shape index (κ2) is 5.87. The third kappa shape index (κ3) is 3.02. The molecule has 92 valence electrons. The largest absolute Gasteiger partial charge is 0.380 e. The van der Waals surface area contributed by atoms with Gasteiger partial charge in [-0.05, 0) is 45.6 Å². The molecule has 0 spiro atoms. The molecule has 1 nitrogen and oxygen atoms in total. The molecule has 2 aromatic carbocycles. The van der Waals surface area contributed by atoms with Gasteiger partial charge in [-0.15, -0.1) is 0 Å². The van der Waals surface area contributed by atoms with Crippen LogP contribution in [0.2, 0.25) is 0 Å². The summed E-state index contributed by atoms with van der Waals surface area (Å²) in [4.78, 5) is 0. The van der Waals surface area contributed by atoms with Crippen LogP contribution in [0.5, 0.6) is 0 Å². The molecule has 0 saturated carbocycles. The second-order valence-corrected chi connectivity index (χ2v) is 5.05. The van der Waals surface area contributed by atoms with Gasteiger partial charge in [0.15, 0.2) is 0 Å². The number of hydrogen-bond donors (Lipinski definition) is 1. The Kier molecular flexibility index (Phi) is 4.21. The maximum absolute atomic E-state index is 4.11. The van der Waals surface area contributed by atoms with Crippen LogP contribution < -0.4 is 5.32 Å². The molecule has 0 aliphatic carbocycles. The fourth-order valence-corrected chi connectivity index (χ4v) is 2.17. The third-order valence-corrected chi connectivity index (χ3v) is 3.92. The van der Waals surface area contributed by atoms with E-state index in [0.717, 1.165) is 22.3 Å². The van der Waals surface area contributed by atoms with Crippen LogP contribution in [0, 0.1) is 6.92 Å². The minimum absolute atomic E-state index is 0.742. The van der Waals surface area contributed by atoms with Gasteiger partial charge in [0.05, 0.1) is 0 Å². The molecule has 0 heterocycles. The van der Waals surface area contributed by atoms with Crippen LogP contribution in [0.1, 0.15) is 11.1 Å². The molecule has 0 fully saturated rings. The Morgan fingerprint density at radius 1 is 1.11 bits per heavy atom. The number of anilines is 1. The van der Waals surface area contributed by atoms with Gasteiger partial charge in [0, 0.05) is 16.7 Å². The maximum Gasteiger partial charge on any atom is 0.0490 e. The van der Waals surface area contributed by atoms with E-state index in [1.807, 2.05) is 24.3 Å². The van der Waals surface area contributed by atoms with Gasteiger partial charge in [-0.2, -0.15) is 0 Å². The zero-order valence-corrected chi connectivity index (χ0v) is 12.0. The van der Waals surface area contributed by atoms with E-state index in [1.165, 1.54) is 11.1 Å². The number of rotatable bonds is 4. The van der Waals surface area contributed by atoms with Gasteiger partial charge in [0.2, 0.25) is 0 Å². The summed E-state index contributed by atoms with van der Waals surface area (Å²) in [5, 5.41) is 3.41. The highest BCUT2D eigenvalue weighted by atomic mass is 79.9. The van der Waals surface area contributed by atoms with E-state index in [0.29, 0.717) is 0 Å². The molecule has 0 saturated heterocycles. The molecule has 2 heteroatoms. The van der Waals surface area contributed by atoms with Gasteiger partial charge < -0.3 is 5.32 Å². The molecular formula is C16H16BrN. The summed E-state index contributed by atoms with van der Waals surface area (Å²) in [6.07, 6.45) is 0. The Morgan fingerprint density at radius 2 is 1.83 bits per heavy atom. The fourth-order valence-electron chi connectivity index (χ4n) is 1.76. The van der Waals surface area contributed by atoms with E-state index in [9.17, 15) is 0 Å². The van der Waals surface area contributed by atoms with E-state index in [2.05, 4.69) is 59.0 Å². The Hall–Kier alpha value is -1.54. The average Bonchev–Trinajstić information content (AvgIpc) is 2.41. The van der Waals surface area contributed by atoms with Crippen molar-refractivity contribution in [3.63, 3.8) is 0 Å². The van der Waals surface area contributed by atoms with Gasteiger partial charge in [-0.1, -0.05) is 49.0 Å². The van der Waals surface area contributed by atoms with E-state index in [4.69, 9.17) is 0 Å². The van der Waals surface area contributed by atoms with Crippen molar-refractivity contribution in [2.45, 2.75) is 6.92 Å². The quantitative estimate of drug-likeness (QED) is 0.848. The summed E-state index contributed by atoms with van der Waals surface area (Å²) in [6.45, 7) is 6.94. The summed E-state index contributed by atoms with van der Waals surface area (Å²) in [7, 11) is 0. The average molecular weight is 302 g/mol. The monoisotopic (exact) mass is 301 g/mol. The molecule has 18 heavy (non-hydrogen) atoms. The topological polar surface area (TPSA) is 12.0 Å². The van der Waals surface area contributed by atoms with Crippen LogP contribution in [0.25, 0.3) is 5.57 Å². The van der Waals surface area contributed by atoms with Crippen LogP contribution >= 0.6 is 15.9 Å². The lowest BCUT2D eigenvalue weighted by molar-refractivity contribution is 1.31. The first kappa shape index (κ1) is 12.9. The molecule has 2 rings (SSSR count). The zero-order chi connectivity index (χ0) is 13.0. The lowest BCUT2D eigenvalue weighted by Crippen LogP contribution is -2.04. The minimum atomic E-state index is 0.742. The lowest BCUT2D eigenvalue weighted by atomic mass is 10.1. The molecule has 0 atom stereocenters. The molecule has 0 aliphatic rings. The van der Waals surface area contributed by atoms with Crippen molar-refractivity contribution >= 4 is 27.2 Å². The molecule has 0 aliphatic heterocycles. The van der Waals surface area contributed by atoms with Crippen LogP contribution in [0.4, 0.5) is 5.69 Å². The van der Waals surface area contributed by atoms with Crippen LogP contribution in [-0.4, -0.2) is 6.54 Å². The highest BCUT2D eigenvalue weighted by Gasteiger charge is 2.03. The highest BCUT2D eigenvalue weighted by Crippen LogP contribution is 2.26. The van der Waals surface area contributed by atoms with Crippen molar-refractivity contribution < 1.29 is 0 Å². The van der Waals surface area contributed by atoms with E-state index < -0.39 is 0 Å². The van der Waals surface area contributed by atoms with Crippen LogP contribution in [0.15, 0.2) is 59.6 Å². The van der Waals surface area contributed by atoms with Gasteiger partial charge >= 0.3 is 0 Å². The summed E-state index contributed by atoms with van der Waals surface area (Å²) in [6, 6.07) is 16.4. The SMILES string of the molecule is C=C(CNc1cccc(C)c1Br)c1ccccc1. The zero-order valence-electron chi connectivity index (χ0n) is 10.4. The number of benzene rings is 2. The van der Waals surface area contributed by atoms with Crippen molar-refractivity contribution in [2.75, 3.05) is 11.9 Å². The van der Waals surface area contributed by atoms with Crippen LogP contribution in [0.3, 0.4) is 0 Å². The van der Waals surface area contributed by atoms with Crippen molar-refractivity contribution in [1.29, 1.82) is 0 Å². The molecule has 1 N–H and O–H groups in total. The molecule has 0 amide bonds. The van der Waals surface area contributed by atoms with Gasteiger partial charge in [-0.25, -0.2) is 0 Å². The summed E-state index contributed by atoms with van der Waals surface area (Å²) in [5.41, 5.74) is 4.59. The molecule has 0 bridgehead atoms. The molecule has 2 aromatic rings. The van der Waals surface area contributed by atoms with E-state index >= 15 is 0 Å². The summed E-state index contributed by atoms with van der Waals surface area (Å²) < 4.78 is 1.12. The van der Waals surface area contributed by atoms with Gasteiger partial charge in [0.1, 0.15) is 0 Å². The van der Waals surface area contributed by atoms with Crippen molar-refractivity contribution in [1.82, 2.24) is 0 Å². The van der Waals surface area contributed by atoms with E-state index in [1.54, 1.807) is 0 Å². The Labute approximate surface area is 117 Å². The summed E-state index contributed by atoms with van der Waals surface area (Å²) >= 11 is 3.59. The normalized spacial score (nSPS) is 10.1. The lowest BCUT2D eigenvalue weighted by Gasteiger charge is -2.12. The molecular weight excluding hydrogens is 286 g/mol. The van der Waals surface area contributed by atoms with Crippen molar-refractivity contribution in [3.05, 3.63) is 70.7 Å². The Bertz CT molecular complexity index is 546. The highest BCUT2D eigenvalue weighted by molar-refractivity contribution is 9.10. The first-order chi connectivity index (χ1) is 8.68. The smallest absolute Gasteiger partial charge is 0.0490 e. The van der Waals surface area contributed by atoms with Crippen LogP contribution in [-0.2, 0) is 0 Å². The van der Waals surface area contributed by atoms with Crippen molar-refractivity contribution in [3.8, 4) is 0 Å². The third-order valence-electron chi connectivity index (χ3n) is 2.87. The van der Waals surface area contributed by atoms with Gasteiger partial charge in [-0.3, -0.25) is 0 Å². The minimum Gasteiger partial charge on any atom is -0.380 e. The predicted molar refractivity (Wildman–Crippen MR) is 82.8 cm³/mol. The molecule has 0 aromatic heterocycles. The maximum atomic E-state index is 4.11. The molecule has 0 radical (unpaired) electrons. The van der Waals surface area contributed by atoms with E-state index in [-0.39, 0.29) is 0 Å². The number of aryl methyl sites for hydroxylation is 1.